The van der Waals surface area contributed by atoms with Gasteiger partial charge >= 0.3 is 0 Å². The van der Waals surface area contributed by atoms with E-state index < -0.39 is 39.3 Å². The van der Waals surface area contributed by atoms with Crippen molar-refractivity contribution in [3.05, 3.63) is 99.6 Å². The number of amides is 2. The van der Waals surface area contributed by atoms with E-state index in [0.29, 0.717) is 10.6 Å². The van der Waals surface area contributed by atoms with Crippen molar-refractivity contribution in [1.82, 2.24) is 10.2 Å². The summed E-state index contributed by atoms with van der Waals surface area (Å²) in [5.74, 6) is -1.08. The van der Waals surface area contributed by atoms with Crippen LogP contribution in [0.5, 0.6) is 0 Å². The Morgan fingerprint density at radius 2 is 1.59 bits per heavy atom. The number of sulfonamides is 1. The molecule has 0 radical (unpaired) electrons. The highest BCUT2D eigenvalue weighted by Crippen LogP contribution is 2.26. The highest BCUT2D eigenvalue weighted by Gasteiger charge is 2.32. The number of nitro benzene ring substituents is 1. The van der Waals surface area contributed by atoms with E-state index in [1.165, 1.54) is 43.1 Å². The van der Waals surface area contributed by atoms with Crippen LogP contribution in [0.25, 0.3) is 0 Å². The zero-order valence-corrected chi connectivity index (χ0v) is 21.6. The van der Waals surface area contributed by atoms with Gasteiger partial charge in [-0.1, -0.05) is 41.9 Å². The van der Waals surface area contributed by atoms with E-state index in [2.05, 4.69) is 5.32 Å². The predicted octanol–water partition coefficient (Wildman–Crippen LogP) is 3.61. The number of carbonyl (C=O) groups is 2. The van der Waals surface area contributed by atoms with Crippen molar-refractivity contribution in [1.29, 1.82) is 0 Å². The first-order valence-corrected chi connectivity index (χ1v) is 12.9. The highest BCUT2D eigenvalue weighted by atomic mass is 35.5. The van der Waals surface area contributed by atoms with Gasteiger partial charge in [-0.3, -0.25) is 24.0 Å². The van der Waals surface area contributed by atoms with Crippen LogP contribution in [0.1, 0.15) is 12.5 Å². The third-order valence-electron chi connectivity index (χ3n) is 5.64. The zero-order chi connectivity index (χ0) is 27.2. The summed E-state index contributed by atoms with van der Waals surface area (Å²) in [4.78, 5) is 37.8. The van der Waals surface area contributed by atoms with Crippen molar-refractivity contribution < 1.29 is 22.9 Å². The summed E-state index contributed by atoms with van der Waals surface area (Å²) in [6.45, 7) is 0.905. The molecule has 0 spiro atoms. The monoisotopic (exact) mass is 544 g/mol. The average molecular weight is 545 g/mol. The van der Waals surface area contributed by atoms with Crippen LogP contribution >= 0.6 is 11.6 Å². The third-order valence-corrected chi connectivity index (χ3v) is 7.68. The number of carbonyl (C=O) groups excluding carboxylic acids is 2. The number of nitro groups is 1. The van der Waals surface area contributed by atoms with E-state index in [-0.39, 0.29) is 22.8 Å². The number of halogens is 1. The van der Waals surface area contributed by atoms with Gasteiger partial charge in [0.1, 0.15) is 12.6 Å². The summed E-state index contributed by atoms with van der Waals surface area (Å²) in [6.07, 6.45) is 0. The Hall–Kier alpha value is -3.96. The van der Waals surface area contributed by atoms with Crippen LogP contribution in [0.3, 0.4) is 0 Å². The van der Waals surface area contributed by atoms with Gasteiger partial charge in [-0.15, -0.1) is 0 Å². The molecule has 0 aliphatic heterocycles. The van der Waals surface area contributed by atoms with Crippen molar-refractivity contribution in [2.75, 3.05) is 17.9 Å². The van der Waals surface area contributed by atoms with Gasteiger partial charge in [0.2, 0.25) is 11.8 Å². The van der Waals surface area contributed by atoms with Crippen LogP contribution in [0.4, 0.5) is 11.4 Å². The normalized spacial score (nSPS) is 11.9. The van der Waals surface area contributed by atoms with Crippen molar-refractivity contribution >= 4 is 44.8 Å². The zero-order valence-electron chi connectivity index (χ0n) is 20.1. The second kappa shape index (κ2) is 11.8. The first-order chi connectivity index (χ1) is 17.5. The fourth-order valence-electron chi connectivity index (χ4n) is 3.57. The fourth-order valence-corrected chi connectivity index (χ4v) is 5.13. The molecule has 0 saturated heterocycles. The number of nitrogens with zero attached hydrogens (tertiary/aromatic N) is 3. The summed E-state index contributed by atoms with van der Waals surface area (Å²) in [6, 6.07) is 18.1. The molecule has 1 N–H and O–H groups in total. The van der Waals surface area contributed by atoms with Gasteiger partial charge in [0.15, 0.2) is 0 Å². The predicted molar refractivity (Wildman–Crippen MR) is 140 cm³/mol. The van der Waals surface area contributed by atoms with Gasteiger partial charge in [0, 0.05) is 30.7 Å². The molecule has 12 heteroatoms. The summed E-state index contributed by atoms with van der Waals surface area (Å²) in [5, 5.41) is 14.1. The van der Waals surface area contributed by atoms with Crippen LogP contribution in [0.15, 0.2) is 83.8 Å². The SMILES string of the molecule is CNC(=O)C(C)N(Cc1ccc(Cl)cc1)C(=O)CN(c1ccc([N+](=O)[O-])cc1)S(=O)(=O)c1ccccc1. The second-order valence-corrected chi connectivity index (χ2v) is 10.3. The Kier molecular flexibility index (Phi) is 8.85. The number of rotatable bonds is 10. The Morgan fingerprint density at radius 3 is 2.14 bits per heavy atom. The number of hydrogen-bond acceptors (Lipinski definition) is 6. The van der Waals surface area contributed by atoms with Crippen molar-refractivity contribution in [3.8, 4) is 0 Å². The minimum Gasteiger partial charge on any atom is -0.357 e. The molecular formula is C25H25ClN4O6S. The largest absolute Gasteiger partial charge is 0.357 e. The van der Waals surface area contributed by atoms with E-state index in [4.69, 9.17) is 11.6 Å². The average Bonchev–Trinajstić information content (AvgIpc) is 2.90. The van der Waals surface area contributed by atoms with Gasteiger partial charge < -0.3 is 10.2 Å². The molecule has 3 aromatic carbocycles. The Balaban J connectivity index is 2.03. The van der Waals surface area contributed by atoms with Gasteiger partial charge in [0.25, 0.3) is 15.7 Å². The number of anilines is 1. The molecule has 0 heterocycles. The molecule has 0 aliphatic rings. The summed E-state index contributed by atoms with van der Waals surface area (Å²) in [5.41, 5.74) is 0.507. The standard InChI is InChI=1S/C25H25ClN4O6S/c1-18(25(32)27-2)28(16-19-8-10-20(26)11-9-19)24(31)17-29(21-12-14-22(15-13-21)30(33)34)37(35,36)23-6-4-3-5-7-23/h3-15,18H,16-17H2,1-2H3,(H,27,32). The maximum atomic E-state index is 13.6. The van der Waals surface area contributed by atoms with Gasteiger partial charge in [0.05, 0.1) is 15.5 Å². The number of non-ortho nitro benzene ring substituents is 1. The van der Waals surface area contributed by atoms with E-state index in [1.54, 1.807) is 42.5 Å². The maximum absolute atomic E-state index is 13.6. The lowest BCUT2D eigenvalue weighted by Crippen LogP contribution is -2.50. The molecule has 0 aliphatic carbocycles. The number of hydrogen-bond donors (Lipinski definition) is 1. The van der Waals surface area contributed by atoms with Crippen LogP contribution in [0, 0.1) is 10.1 Å². The highest BCUT2D eigenvalue weighted by molar-refractivity contribution is 7.92. The third kappa shape index (κ3) is 6.63. The van der Waals surface area contributed by atoms with E-state index in [1.807, 2.05) is 0 Å². The number of likely N-dealkylation sites (N-methyl/N-ethyl adjacent to an activating group) is 1. The van der Waals surface area contributed by atoms with E-state index in [9.17, 15) is 28.1 Å². The molecule has 0 aromatic heterocycles. The molecule has 1 unspecified atom stereocenters. The summed E-state index contributed by atoms with van der Waals surface area (Å²) in [7, 11) is -2.81. The number of nitrogens with one attached hydrogen (secondary N) is 1. The molecule has 0 bridgehead atoms. The summed E-state index contributed by atoms with van der Waals surface area (Å²) < 4.78 is 28.1. The smallest absolute Gasteiger partial charge is 0.269 e. The van der Waals surface area contributed by atoms with E-state index >= 15 is 0 Å². The molecule has 3 rings (SSSR count). The summed E-state index contributed by atoms with van der Waals surface area (Å²) >= 11 is 5.96. The molecular weight excluding hydrogens is 520 g/mol. The quantitative estimate of drug-likeness (QED) is 0.306. The topological polar surface area (TPSA) is 130 Å². The lowest BCUT2D eigenvalue weighted by Gasteiger charge is -2.31. The molecule has 194 valence electrons. The maximum Gasteiger partial charge on any atom is 0.269 e. The number of benzene rings is 3. The van der Waals surface area contributed by atoms with Crippen LogP contribution in [-0.4, -0.2) is 49.7 Å². The second-order valence-electron chi connectivity index (χ2n) is 8.04. The Bertz CT molecular complexity index is 1370. The van der Waals surface area contributed by atoms with E-state index in [0.717, 1.165) is 16.4 Å². The van der Waals surface area contributed by atoms with Crippen LogP contribution < -0.4 is 9.62 Å². The first-order valence-electron chi connectivity index (χ1n) is 11.1. The Labute approximate surface area is 219 Å². The molecule has 10 nitrogen and oxygen atoms in total. The van der Waals surface area contributed by atoms with Crippen LogP contribution in [0.2, 0.25) is 5.02 Å². The minimum absolute atomic E-state index is 0.0179. The molecule has 37 heavy (non-hydrogen) atoms. The van der Waals surface area contributed by atoms with Crippen molar-refractivity contribution in [2.45, 2.75) is 24.4 Å². The van der Waals surface area contributed by atoms with Gasteiger partial charge in [-0.2, -0.15) is 0 Å². The fraction of sp³-hybridized carbons (Fsp3) is 0.200. The van der Waals surface area contributed by atoms with Crippen LogP contribution in [-0.2, 0) is 26.2 Å². The van der Waals surface area contributed by atoms with Gasteiger partial charge in [-0.05, 0) is 48.9 Å². The lowest BCUT2D eigenvalue weighted by molar-refractivity contribution is -0.384. The minimum atomic E-state index is -4.25. The molecule has 1 atom stereocenters. The first kappa shape index (κ1) is 27.6. The van der Waals surface area contributed by atoms with Crippen molar-refractivity contribution in [2.24, 2.45) is 0 Å². The molecule has 2 amide bonds. The lowest BCUT2D eigenvalue weighted by atomic mass is 10.1. The van der Waals surface area contributed by atoms with Crippen molar-refractivity contribution in [3.63, 3.8) is 0 Å². The van der Waals surface area contributed by atoms with Gasteiger partial charge in [-0.25, -0.2) is 8.42 Å². The molecule has 0 saturated carbocycles. The molecule has 0 fully saturated rings. The Morgan fingerprint density at radius 1 is 1.00 bits per heavy atom. The molecule has 3 aromatic rings.